The zero-order chi connectivity index (χ0) is 15.1. The standard InChI is InChI=1S/C16H28N2O2S/c1-4-17-10-14-13(11-19-2)18-16(21-14)15(20-3)12-8-6-5-7-9-12/h12,15,17H,4-11H2,1-3H3. The van der Waals surface area contributed by atoms with Crippen LogP contribution < -0.4 is 5.32 Å². The molecule has 2 rings (SSSR count). The predicted octanol–water partition coefficient (Wildman–Crippen LogP) is 3.67. The van der Waals surface area contributed by atoms with Crippen LogP contribution in [0.2, 0.25) is 0 Å². The summed E-state index contributed by atoms with van der Waals surface area (Å²) >= 11 is 1.79. The summed E-state index contributed by atoms with van der Waals surface area (Å²) in [4.78, 5) is 6.11. The molecule has 1 atom stereocenters. The minimum Gasteiger partial charge on any atom is -0.378 e. The Morgan fingerprint density at radius 3 is 2.67 bits per heavy atom. The molecule has 1 aliphatic rings. The normalized spacial score (nSPS) is 18.0. The van der Waals surface area contributed by atoms with Crippen molar-refractivity contribution in [2.45, 2.75) is 58.3 Å². The Morgan fingerprint density at radius 1 is 1.29 bits per heavy atom. The average Bonchev–Trinajstić information content (AvgIpc) is 2.90. The van der Waals surface area contributed by atoms with Gasteiger partial charge in [0, 0.05) is 25.6 Å². The molecule has 1 saturated carbocycles. The Balaban J connectivity index is 2.15. The second-order valence-electron chi connectivity index (χ2n) is 5.69. The molecule has 0 amide bonds. The van der Waals surface area contributed by atoms with Crippen molar-refractivity contribution in [3.05, 3.63) is 15.6 Å². The molecule has 21 heavy (non-hydrogen) atoms. The number of hydrogen-bond donors (Lipinski definition) is 1. The molecule has 1 aromatic rings. The third-order valence-electron chi connectivity index (χ3n) is 4.19. The summed E-state index contributed by atoms with van der Waals surface area (Å²) in [6.45, 7) is 4.54. The van der Waals surface area contributed by atoms with Gasteiger partial charge in [-0.1, -0.05) is 26.2 Å². The third kappa shape index (κ3) is 4.49. The minimum atomic E-state index is 0.154. The van der Waals surface area contributed by atoms with Gasteiger partial charge in [-0.15, -0.1) is 11.3 Å². The van der Waals surface area contributed by atoms with Gasteiger partial charge in [-0.2, -0.15) is 0 Å². The highest BCUT2D eigenvalue weighted by molar-refractivity contribution is 7.11. The first kappa shape index (κ1) is 16.9. The highest BCUT2D eigenvalue weighted by Gasteiger charge is 2.28. The van der Waals surface area contributed by atoms with Crippen LogP contribution in [0.3, 0.4) is 0 Å². The van der Waals surface area contributed by atoms with Gasteiger partial charge in [0.15, 0.2) is 0 Å². The number of nitrogens with one attached hydrogen (secondary N) is 1. The van der Waals surface area contributed by atoms with Gasteiger partial charge in [0.2, 0.25) is 0 Å². The lowest BCUT2D eigenvalue weighted by molar-refractivity contribution is 0.0349. The molecule has 5 heteroatoms. The van der Waals surface area contributed by atoms with E-state index in [-0.39, 0.29) is 6.10 Å². The van der Waals surface area contributed by atoms with Gasteiger partial charge < -0.3 is 14.8 Å². The zero-order valence-corrected chi connectivity index (χ0v) is 14.3. The first-order valence-corrected chi connectivity index (χ1v) is 8.82. The van der Waals surface area contributed by atoms with Crippen molar-refractivity contribution in [3.63, 3.8) is 0 Å². The molecule has 0 radical (unpaired) electrons. The molecule has 1 N–H and O–H groups in total. The van der Waals surface area contributed by atoms with Gasteiger partial charge in [-0.05, 0) is 25.3 Å². The Hall–Kier alpha value is -0.490. The van der Waals surface area contributed by atoms with Crippen LogP contribution in [-0.4, -0.2) is 25.7 Å². The van der Waals surface area contributed by atoms with Crippen LogP contribution in [-0.2, 0) is 22.6 Å². The quantitative estimate of drug-likeness (QED) is 0.795. The maximum atomic E-state index is 5.81. The van der Waals surface area contributed by atoms with Gasteiger partial charge in [-0.3, -0.25) is 0 Å². The van der Waals surface area contributed by atoms with Crippen molar-refractivity contribution in [2.75, 3.05) is 20.8 Å². The van der Waals surface area contributed by atoms with Crippen LogP contribution in [0.25, 0.3) is 0 Å². The third-order valence-corrected chi connectivity index (χ3v) is 5.35. The maximum Gasteiger partial charge on any atom is 0.122 e. The first-order chi connectivity index (χ1) is 10.3. The summed E-state index contributed by atoms with van der Waals surface area (Å²) in [5.74, 6) is 0.622. The Bertz CT molecular complexity index is 416. The molecule has 1 aromatic heterocycles. The number of ether oxygens (including phenoxy) is 2. The highest BCUT2D eigenvalue weighted by atomic mass is 32.1. The number of hydrogen-bond acceptors (Lipinski definition) is 5. The van der Waals surface area contributed by atoms with E-state index in [0.29, 0.717) is 12.5 Å². The van der Waals surface area contributed by atoms with Crippen LogP contribution >= 0.6 is 11.3 Å². The van der Waals surface area contributed by atoms with Crippen LogP contribution in [0.5, 0.6) is 0 Å². The topological polar surface area (TPSA) is 43.4 Å². The molecule has 120 valence electrons. The lowest BCUT2D eigenvalue weighted by Crippen LogP contribution is -2.17. The van der Waals surface area contributed by atoms with Crippen LogP contribution in [0.4, 0.5) is 0 Å². The van der Waals surface area contributed by atoms with E-state index < -0.39 is 0 Å². The fourth-order valence-corrected chi connectivity index (χ4v) is 4.29. The minimum absolute atomic E-state index is 0.154. The van der Waals surface area contributed by atoms with Gasteiger partial charge in [-0.25, -0.2) is 4.98 Å². The largest absolute Gasteiger partial charge is 0.378 e. The zero-order valence-electron chi connectivity index (χ0n) is 13.5. The molecule has 0 saturated heterocycles. The second-order valence-corrected chi connectivity index (χ2v) is 6.80. The SMILES string of the molecule is CCNCc1sc(C(OC)C2CCCCC2)nc1COC. The van der Waals surface area contributed by atoms with Crippen LogP contribution in [0, 0.1) is 5.92 Å². The van der Waals surface area contributed by atoms with E-state index in [1.807, 2.05) is 7.11 Å². The molecule has 0 aromatic carbocycles. The summed E-state index contributed by atoms with van der Waals surface area (Å²) in [6.07, 6.45) is 6.70. The van der Waals surface area contributed by atoms with Crippen LogP contribution in [0.15, 0.2) is 0 Å². The van der Waals surface area contributed by atoms with Gasteiger partial charge in [0.05, 0.1) is 12.3 Å². The molecule has 1 unspecified atom stereocenters. The molecule has 0 bridgehead atoms. The number of nitrogens with zero attached hydrogens (tertiary/aromatic N) is 1. The molecular formula is C16H28N2O2S. The second kappa shape index (κ2) is 8.83. The van der Waals surface area contributed by atoms with E-state index in [4.69, 9.17) is 14.5 Å². The van der Waals surface area contributed by atoms with Crippen molar-refractivity contribution in [1.29, 1.82) is 0 Å². The Labute approximate surface area is 132 Å². The van der Waals surface area contributed by atoms with Gasteiger partial charge in [0.1, 0.15) is 11.1 Å². The van der Waals surface area contributed by atoms with Gasteiger partial charge >= 0.3 is 0 Å². The molecule has 4 nitrogen and oxygen atoms in total. The van der Waals surface area contributed by atoms with E-state index in [1.54, 1.807) is 18.4 Å². The predicted molar refractivity (Wildman–Crippen MR) is 86.5 cm³/mol. The monoisotopic (exact) mass is 312 g/mol. The van der Waals surface area contributed by atoms with E-state index >= 15 is 0 Å². The summed E-state index contributed by atoms with van der Waals surface area (Å²) in [6, 6.07) is 0. The number of thiazole rings is 1. The highest BCUT2D eigenvalue weighted by Crippen LogP contribution is 2.38. The molecule has 1 fully saturated rings. The number of rotatable bonds is 8. The Morgan fingerprint density at radius 2 is 2.05 bits per heavy atom. The fourth-order valence-electron chi connectivity index (χ4n) is 3.08. The summed E-state index contributed by atoms with van der Waals surface area (Å²) in [5.41, 5.74) is 1.07. The smallest absolute Gasteiger partial charge is 0.122 e. The van der Waals surface area contributed by atoms with Crippen molar-refractivity contribution in [1.82, 2.24) is 10.3 Å². The first-order valence-electron chi connectivity index (χ1n) is 8.01. The molecule has 0 aliphatic heterocycles. The molecule has 1 aliphatic carbocycles. The lowest BCUT2D eigenvalue weighted by Gasteiger charge is -2.27. The number of aromatic nitrogens is 1. The van der Waals surface area contributed by atoms with Gasteiger partial charge in [0.25, 0.3) is 0 Å². The summed E-state index contributed by atoms with van der Waals surface area (Å²) in [5, 5.41) is 4.52. The maximum absolute atomic E-state index is 5.81. The fraction of sp³-hybridized carbons (Fsp3) is 0.812. The number of methoxy groups -OCH3 is 2. The van der Waals surface area contributed by atoms with Crippen molar-refractivity contribution in [2.24, 2.45) is 5.92 Å². The van der Waals surface area contributed by atoms with Crippen LogP contribution in [0.1, 0.15) is 60.7 Å². The Kier molecular flexibility index (Phi) is 7.10. The van der Waals surface area contributed by atoms with Crippen molar-refractivity contribution >= 4 is 11.3 Å². The van der Waals surface area contributed by atoms with E-state index in [2.05, 4.69) is 12.2 Å². The van der Waals surface area contributed by atoms with Crippen molar-refractivity contribution < 1.29 is 9.47 Å². The van der Waals surface area contributed by atoms with E-state index in [9.17, 15) is 0 Å². The lowest BCUT2D eigenvalue weighted by atomic mass is 9.85. The van der Waals surface area contributed by atoms with E-state index in [1.165, 1.54) is 37.0 Å². The summed E-state index contributed by atoms with van der Waals surface area (Å²) < 4.78 is 11.1. The molecule has 0 spiro atoms. The molecule has 1 heterocycles. The van der Waals surface area contributed by atoms with E-state index in [0.717, 1.165) is 23.8 Å². The molecular weight excluding hydrogens is 284 g/mol. The summed E-state index contributed by atoms with van der Waals surface area (Å²) in [7, 11) is 3.55. The average molecular weight is 312 g/mol. The van der Waals surface area contributed by atoms with Crippen molar-refractivity contribution in [3.8, 4) is 0 Å².